The average molecular weight is 403 g/mol. The van der Waals surface area contributed by atoms with Gasteiger partial charge in [-0.3, -0.25) is 4.90 Å². The summed E-state index contributed by atoms with van der Waals surface area (Å²) in [6, 6.07) is 7.23. The van der Waals surface area contributed by atoms with E-state index in [9.17, 15) is 8.42 Å². The van der Waals surface area contributed by atoms with Gasteiger partial charge in [-0.2, -0.15) is 0 Å². The molecule has 3 aliphatic rings. The van der Waals surface area contributed by atoms with Gasteiger partial charge in [0.05, 0.1) is 6.10 Å². The quantitative estimate of drug-likeness (QED) is 0.713. The second-order valence-electron chi connectivity index (χ2n) is 8.06. The minimum absolute atomic E-state index is 0.432. The van der Waals surface area contributed by atoms with Crippen molar-refractivity contribution < 1.29 is 13.2 Å². The van der Waals surface area contributed by atoms with Crippen LogP contribution in [0.2, 0.25) is 0 Å². The number of aryl methyl sites for hydroxylation is 1. The fraction of sp³-hybridized carbons (Fsp3) is 0.545. The molecule has 1 aromatic carbocycles. The van der Waals surface area contributed by atoms with Crippen LogP contribution in [0.15, 0.2) is 42.0 Å². The van der Waals surface area contributed by atoms with E-state index in [0.29, 0.717) is 12.6 Å². The van der Waals surface area contributed by atoms with Crippen LogP contribution >= 0.6 is 0 Å². The molecule has 6 heteroatoms. The maximum Gasteiger partial charge on any atom is 0.221 e. The summed E-state index contributed by atoms with van der Waals surface area (Å²) in [6.07, 6.45) is 9.28. The molecule has 0 spiro atoms. The lowest BCUT2D eigenvalue weighted by Crippen LogP contribution is -2.43. The van der Waals surface area contributed by atoms with Crippen LogP contribution in [-0.4, -0.2) is 51.4 Å². The van der Waals surface area contributed by atoms with Gasteiger partial charge in [-0.15, -0.1) is 0 Å². The molecular weight excluding hydrogens is 372 g/mol. The highest BCUT2D eigenvalue weighted by Crippen LogP contribution is 2.41. The number of rotatable bonds is 7. The molecule has 0 amide bonds. The lowest BCUT2D eigenvalue weighted by atomic mass is 9.93. The van der Waals surface area contributed by atoms with E-state index in [0.717, 1.165) is 37.9 Å². The van der Waals surface area contributed by atoms with Crippen molar-refractivity contribution in [3.63, 3.8) is 0 Å². The van der Waals surface area contributed by atoms with E-state index in [-0.39, 0.29) is 0 Å². The van der Waals surface area contributed by atoms with E-state index < -0.39 is 21.4 Å². The summed E-state index contributed by atoms with van der Waals surface area (Å²) in [5.41, 5.74) is 5.59. The van der Waals surface area contributed by atoms with Crippen molar-refractivity contribution in [3.05, 3.63) is 58.7 Å². The number of sulfonamides is 1. The Bertz CT molecular complexity index is 891. The molecule has 3 atom stereocenters. The van der Waals surface area contributed by atoms with Gasteiger partial charge >= 0.3 is 0 Å². The van der Waals surface area contributed by atoms with Crippen molar-refractivity contribution in [2.75, 3.05) is 26.7 Å². The van der Waals surface area contributed by atoms with Gasteiger partial charge in [0.2, 0.25) is 10.0 Å². The lowest BCUT2D eigenvalue weighted by Gasteiger charge is -2.35. The number of methoxy groups -OCH3 is 1. The topological polar surface area (TPSA) is 58.6 Å². The molecule has 0 saturated heterocycles. The number of hydrogen-bond donors (Lipinski definition) is 1. The largest absolute Gasteiger partial charge is 0.376 e. The van der Waals surface area contributed by atoms with E-state index in [4.69, 9.17) is 4.74 Å². The van der Waals surface area contributed by atoms with E-state index in [1.807, 2.05) is 19.1 Å². The molecule has 152 valence electrons. The van der Waals surface area contributed by atoms with Gasteiger partial charge in [-0.25, -0.2) is 13.1 Å². The molecular formula is C22H30N2O3S. The van der Waals surface area contributed by atoms with Crippen LogP contribution in [0.4, 0.5) is 0 Å². The maximum atomic E-state index is 12.7. The van der Waals surface area contributed by atoms with Gasteiger partial charge < -0.3 is 4.74 Å². The first-order valence-corrected chi connectivity index (χ1v) is 11.8. The normalized spacial score (nSPS) is 26.9. The monoisotopic (exact) mass is 402 g/mol. The third kappa shape index (κ3) is 3.83. The summed E-state index contributed by atoms with van der Waals surface area (Å²) in [5, 5.41) is -0.666. The molecule has 1 aliphatic heterocycles. The Labute approximate surface area is 168 Å². The number of ether oxygens (including phenoxy) is 1. The van der Waals surface area contributed by atoms with Gasteiger partial charge in [0.1, 0.15) is 5.25 Å². The van der Waals surface area contributed by atoms with Crippen molar-refractivity contribution in [1.82, 2.24) is 9.62 Å². The molecule has 0 radical (unpaired) electrons. The second kappa shape index (κ2) is 8.11. The van der Waals surface area contributed by atoms with Crippen molar-refractivity contribution >= 4 is 10.0 Å². The first-order chi connectivity index (χ1) is 13.5. The van der Waals surface area contributed by atoms with Crippen LogP contribution < -0.4 is 4.72 Å². The molecule has 28 heavy (non-hydrogen) atoms. The molecule has 0 saturated carbocycles. The van der Waals surface area contributed by atoms with Crippen molar-refractivity contribution in [2.45, 2.75) is 50.0 Å². The molecule has 1 aromatic rings. The third-order valence-corrected chi connectivity index (χ3v) is 8.02. The van der Waals surface area contributed by atoms with Crippen molar-refractivity contribution in [2.24, 2.45) is 0 Å². The Kier molecular flexibility index (Phi) is 5.74. The maximum absolute atomic E-state index is 12.7. The molecule has 0 aromatic heterocycles. The zero-order chi connectivity index (χ0) is 19.7. The predicted octanol–water partition coefficient (Wildman–Crippen LogP) is 2.74. The number of allylic oxidation sites excluding steroid dienone is 2. The Hall–Kier alpha value is -1.47. The van der Waals surface area contributed by atoms with Gasteiger partial charge in [0.15, 0.2) is 0 Å². The van der Waals surface area contributed by atoms with Gasteiger partial charge in [-0.1, -0.05) is 42.0 Å². The highest BCUT2D eigenvalue weighted by atomic mass is 32.2. The molecule has 1 N–H and O–H groups in total. The number of nitrogens with zero attached hydrogens (tertiary/aromatic N) is 1. The van der Waals surface area contributed by atoms with Crippen LogP contribution in [0.3, 0.4) is 0 Å². The zero-order valence-corrected chi connectivity index (χ0v) is 17.5. The minimum atomic E-state index is -3.45. The van der Waals surface area contributed by atoms with Gasteiger partial charge in [-0.05, 0) is 49.3 Å². The summed E-state index contributed by atoms with van der Waals surface area (Å²) in [5.74, 6) is 0. The second-order valence-corrected chi connectivity index (χ2v) is 9.98. The zero-order valence-electron chi connectivity index (χ0n) is 16.7. The summed E-state index contributed by atoms with van der Waals surface area (Å²) in [6.45, 7) is 4.40. The van der Waals surface area contributed by atoms with Gasteiger partial charge in [0.25, 0.3) is 0 Å². The number of nitrogens with one attached hydrogen (secondary N) is 1. The van der Waals surface area contributed by atoms with Crippen molar-refractivity contribution in [1.29, 1.82) is 0 Å². The van der Waals surface area contributed by atoms with E-state index in [1.54, 1.807) is 18.7 Å². The minimum Gasteiger partial charge on any atom is -0.376 e. The van der Waals surface area contributed by atoms with Crippen LogP contribution in [0.5, 0.6) is 0 Å². The SMILES string of the molecule is COC1C=C(C)C=CC1S(=O)(=O)NCCCN1CCc2cccc3c2C1CC3. The molecule has 5 nitrogen and oxygen atoms in total. The smallest absolute Gasteiger partial charge is 0.221 e. The summed E-state index contributed by atoms with van der Waals surface area (Å²) in [4.78, 5) is 2.54. The fourth-order valence-corrected chi connectivity index (χ4v) is 6.31. The van der Waals surface area contributed by atoms with E-state index in [1.165, 1.54) is 17.5 Å². The number of benzene rings is 1. The third-order valence-electron chi connectivity index (χ3n) is 6.27. The Morgan fingerprint density at radius 1 is 1.25 bits per heavy atom. The molecule has 2 aliphatic carbocycles. The van der Waals surface area contributed by atoms with Crippen molar-refractivity contribution in [3.8, 4) is 0 Å². The average Bonchev–Trinajstić information content (AvgIpc) is 3.12. The molecule has 0 fully saturated rings. The summed E-state index contributed by atoms with van der Waals surface area (Å²) < 4.78 is 33.6. The molecule has 4 rings (SSSR count). The number of hydrogen-bond acceptors (Lipinski definition) is 4. The standard InChI is InChI=1S/C22H30N2O3S/c1-16-7-10-21(20(15-16)27-2)28(25,26)23-12-4-13-24-14-11-18-6-3-5-17-8-9-19(24)22(17)18/h3,5-7,10,15,19-21,23H,4,8-9,11-14H2,1-2H3. The van der Waals surface area contributed by atoms with Gasteiger partial charge in [0, 0.05) is 32.8 Å². The molecule has 1 heterocycles. The summed E-state index contributed by atoms with van der Waals surface area (Å²) in [7, 11) is -1.90. The van der Waals surface area contributed by atoms with Crippen LogP contribution in [-0.2, 0) is 27.6 Å². The highest BCUT2D eigenvalue weighted by molar-refractivity contribution is 7.90. The predicted molar refractivity (Wildman–Crippen MR) is 112 cm³/mol. The fourth-order valence-electron chi connectivity index (χ4n) is 4.86. The first-order valence-electron chi connectivity index (χ1n) is 10.2. The van der Waals surface area contributed by atoms with E-state index >= 15 is 0 Å². The first kappa shape index (κ1) is 19.8. The molecule has 3 unspecified atom stereocenters. The Morgan fingerprint density at radius 3 is 2.82 bits per heavy atom. The Balaban J connectivity index is 1.31. The van der Waals surface area contributed by atoms with Crippen LogP contribution in [0.1, 0.15) is 42.5 Å². The lowest BCUT2D eigenvalue weighted by molar-refractivity contribution is 0.143. The van der Waals surface area contributed by atoms with Crippen LogP contribution in [0.25, 0.3) is 0 Å². The van der Waals surface area contributed by atoms with Crippen LogP contribution in [0, 0.1) is 0 Å². The Morgan fingerprint density at radius 2 is 2.04 bits per heavy atom. The summed E-state index contributed by atoms with van der Waals surface area (Å²) >= 11 is 0. The van der Waals surface area contributed by atoms with E-state index in [2.05, 4.69) is 27.8 Å². The highest BCUT2D eigenvalue weighted by Gasteiger charge is 2.34. The molecule has 0 bridgehead atoms.